The average Bonchev–Trinajstić information content (AvgIpc) is 2.96. The van der Waals surface area contributed by atoms with Gasteiger partial charge in [0.1, 0.15) is 11.6 Å². The summed E-state index contributed by atoms with van der Waals surface area (Å²) in [5.41, 5.74) is 7.75. The molecule has 1 aromatic carbocycles. The van der Waals surface area contributed by atoms with Crippen LogP contribution in [0, 0.1) is 0 Å². The Hall–Kier alpha value is -1.77. The van der Waals surface area contributed by atoms with Crippen LogP contribution in [-0.4, -0.2) is 22.6 Å². The second-order valence-corrected chi connectivity index (χ2v) is 5.36. The van der Waals surface area contributed by atoms with Crippen LogP contribution in [-0.2, 0) is 19.5 Å². The van der Waals surface area contributed by atoms with Gasteiger partial charge in [-0.25, -0.2) is 9.98 Å². The quantitative estimate of drug-likeness (QED) is 0.447. The molecule has 7 heteroatoms. The maximum atomic E-state index is 5.93. The Bertz CT molecular complexity index is 659. The van der Waals surface area contributed by atoms with Crippen molar-refractivity contribution in [2.24, 2.45) is 10.7 Å². The third-order valence-electron chi connectivity index (χ3n) is 3.71. The van der Waals surface area contributed by atoms with Gasteiger partial charge >= 0.3 is 0 Å². The number of hydrogen-bond donors (Lipinski definition) is 2. The summed E-state index contributed by atoms with van der Waals surface area (Å²) in [7, 11) is 1.64. The van der Waals surface area contributed by atoms with Crippen LogP contribution < -0.4 is 15.8 Å². The number of ether oxygens (including phenoxy) is 1. The molecule has 0 radical (unpaired) electrons. The number of guanidine groups is 1. The van der Waals surface area contributed by atoms with Gasteiger partial charge in [-0.05, 0) is 25.0 Å². The smallest absolute Gasteiger partial charge is 0.193 e. The van der Waals surface area contributed by atoms with E-state index < -0.39 is 0 Å². The van der Waals surface area contributed by atoms with Gasteiger partial charge < -0.3 is 20.4 Å². The number of nitrogens with zero attached hydrogens (tertiary/aromatic N) is 3. The van der Waals surface area contributed by atoms with Gasteiger partial charge in [-0.3, -0.25) is 0 Å². The maximum Gasteiger partial charge on any atom is 0.193 e. The van der Waals surface area contributed by atoms with Crippen molar-refractivity contribution in [2.75, 3.05) is 12.4 Å². The van der Waals surface area contributed by atoms with E-state index in [9.17, 15) is 0 Å². The zero-order chi connectivity index (χ0) is 15.4. The summed E-state index contributed by atoms with van der Waals surface area (Å²) in [5.74, 6) is 2.31. The molecule has 0 amide bonds. The molecule has 2 aromatic rings. The van der Waals surface area contributed by atoms with Crippen LogP contribution >= 0.6 is 24.0 Å². The molecule has 23 heavy (non-hydrogen) atoms. The number of benzene rings is 1. The highest BCUT2D eigenvalue weighted by molar-refractivity contribution is 14.0. The second kappa shape index (κ2) is 8.19. The lowest BCUT2D eigenvalue weighted by molar-refractivity contribution is 0.415. The Morgan fingerprint density at radius 1 is 1.43 bits per heavy atom. The molecule has 6 nitrogen and oxygen atoms in total. The van der Waals surface area contributed by atoms with Crippen molar-refractivity contribution >= 4 is 35.6 Å². The predicted molar refractivity (Wildman–Crippen MR) is 103 cm³/mol. The van der Waals surface area contributed by atoms with Crippen molar-refractivity contribution in [1.29, 1.82) is 0 Å². The first-order valence-corrected chi connectivity index (χ1v) is 7.50. The summed E-state index contributed by atoms with van der Waals surface area (Å²) in [4.78, 5) is 8.96. The summed E-state index contributed by atoms with van der Waals surface area (Å²) in [5, 5.41) is 3.06. The number of nitrogens with one attached hydrogen (secondary N) is 1. The van der Waals surface area contributed by atoms with Crippen molar-refractivity contribution in [2.45, 2.75) is 32.4 Å². The van der Waals surface area contributed by atoms with E-state index in [0.29, 0.717) is 12.5 Å². The first-order valence-electron chi connectivity index (χ1n) is 7.50. The fraction of sp³-hybridized carbons (Fsp3) is 0.375. The van der Waals surface area contributed by atoms with E-state index in [1.807, 2.05) is 24.3 Å². The molecule has 0 atom stereocenters. The highest BCUT2D eigenvalue weighted by Gasteiger charge is 2.11. The molecule has 1 aromatic heterocycles. The van der Waals surface area contributed by atoms with Crippen molar-refractivity contribution < 1.29 is 4.74 Å². The van der Waals surface area contributed by atoms with E-state index in [1.54, 1.807) is 7.11 Å². The highest BCUT2D eigenvalue weighted by Crippen LogP contribution is 2.17. The number of methoxy groups -OCH3 is 1. The zero-order valence-corrected chi connectivity index (χ0v) is 15.5. The molecule has 0 bridgehead atoms. The standard InChI is InChI=1S/C16H21N5O.HI/c1-22-14-6-4-5-12(9-14)20-16(17)18-10-13-11-21-8-3-2-7-15(21)19-13;/h4-6,9,11H,2-3,7-8,10H2,1H3,(H3,17,18,20);1H. The van der Waals surface area contributed by atoms with Gasteiger partial charge in [0, 0.05) is 30.9 Å². The van der Waals surface area contributed by atoms with Gasteiger partial charge in [-0.1, -0.05) is 6.07 Å². The fourth-order valence-electron chi connectivity index (χ4n) is 2.60. The van der Waals surface area contributed by atoms with E-state index in [0.717, 1.165) is 35.9 Å². The van der Waals surface area contributed by atoms with Crippen LogP contribution in [0.4, 0.5) is 5.69 Å². The molecule has 1 aliphatic heterocycles. The molecule has 0 aliphatic carbocycles. The van der Waals surface area contributed by atoms with Gasteiger partial charge in [0.25, 0.3) is 0 Å². The molecule has 0 unspecified atom stereocenters. The average molecular weight is 427 g/mol. The number of rotatable bonds is 4. The third-order valence-corrected chi connectivity index (χ3v) is 3.71. The van der Waals surface area contributed by atoms with Crippen LogP contribution in [0.15, 0.2) is 35.5 Å². The van der Waals surface area contributed by atoms with Gasteiger partial charge in [-0.2, -0.15) is 0 Å². The number of hydrogen-bond acceptors (Lipinski definition) is 3. The molecule has 2 heterocycles. The Labute approximate surface area is 153 Å². The normalized spacial score (nSPS) is 13.9. The third kappa shape index (κ3) is 4.60. The number of aromatic nitrogens is 2. The summed E-state index contributed by atoms with van der Waals surface area (Å²) in [6.45, 7) is 1.55. The van der Waals surface area contributed by atoms with Gasteiger partial charge in [0.15, 0.2) is 5.96 Å². The minimum Gasteiger partial charge on any atom is -0.497 e. The molecule has 0 fully saturated rings. The van der Waals surface area contributed by atoms with Crippen molar-refractivity contribution in [3.05, 3.63) is 42.0 Å². The summed E-state index contributed by atoms with van der Waals surface area (Å²) in [6.07, 6.45) is 5.59. The van der Waals surface area contributed by atoms with Crippen LogP contribution in [0.25, 0.3) is 0 Å². The number of imidazole rings is 1. The second-order valence-electron chi connectivity index (χ2n) is 5.36. The van der Waals surface area contributed by atoms with Crippen molar-refractivity contribution in [3.63, 3.8) is 0 Å². The van der Waals surface area contributed by atoms with Gasteiger partial charge in [0.05, 0.1) is 19.3 Å². The zero-order valence-electron chi connectivity index (χ0n) is 13.2. The summed E-state index contributed by atoms with van der Waals surface area (Å²) in [6, 6.07) is 7.57. The Morgan fingerprint density at radius 2 is 2.30 bits per heavy atom. The Kier molecular flexibility index (Phi) is 6.26. The molecule has 0 saturated carbocycles. The number of anilines is 1. The van der Waals surface area contributed by atoms with Gasteiger partial charge in [-0.15, -0.1) is 24.0 Å². The number of aryl methyl sites for hydroxylation is 2. The summed E-state index contributed by atoms with van der Waals surface area (Å²) < 4.78 is 7.40. The highest BCUT2D eigenvalue weighted by atomic mass is 127. The SMILES string of the molecule is COc1cccc(NC(N)=NCc2cn3c(n2)CCCC3)c1.I. The first kappa shape index (κ1) is 17.6. The summed E-state index contributed by atoms with van der Waals surface area (Å²) >= 11 is 0. The van der Waals surface area contributed by atoms with E-state index in [-0.39, 0.29) is 24.0 Å². The molecule has 3 rings (SSSR count). The Morgan fingerprint density at radius 3 is 3.09 bits per heavy atom. The molecular weight excluding hydrogens is 405 g/mol. The van der Waals surface area contributed by atoms with E-state index in [2.05, 4.69) is 26.1 Å². The molecule has 3 N–H and O–H groups in total. The topological polar surface area (TPSA) is 77.5 Å². The van der Waals surface area contributed by atoms with Crippen LogP contribution in [0.5, 0.6) is 5.75 Å². The molecular formula is C16H22IN5O. The number of halogens is 1. The van der Waals surface area contributed by atoms with Crippen molar-refractivity contribution in [3.8, 4) is 5.75 Å². The van der Waals surface area contributed by atoms with E-state index >= 15 is 0 Å². The molecule has 1 aliphatic rings. The fourth-order valence-corrected chi connectivity index (χ4v) is 2.60. The number of aliphatic imine (C=N–C) groups is 1. The van der Waals surface area contributed by atoms with Crippen molar-refractivity contribution in [1.82, 2.24) is 9.55 Å². The number of fused-ring (bicyclic) bond motifs is 1. The Balaban J connectivity index is 0.00000192. The minimum atomic E-state index is 0. The van der Waals surface area contributed by atoms with Crippen LogP contribution in [0.3, 0.4) is 0 Å². The lowest BCUT2D eigenvalue weighted by atomic mass is 10.2. The van der Waals surface area contributed by atoms with Crippen LogP contribution in [0.1, 0.15) is 24.4 Å². The largest absolute Gasteiger partial charge is 0.497 e. The van der Waals surface area contributed by atoms with E-state index in [4.69, 9.17) is 10.5 Å². The predicted octanol–water partition coefficient (Wildman–Crippen LogP) is 2.77. The maximum absolute atomic E-state index is 5.93. The van der Waals surface area contributed by atoms with Crippen LogP contribution in [0.2, 0.25) is 0 Å². The number of nitrogens with two attached hydrogens (primary N) is 1. The molecule has 0 saturated heterocycles. The lowest BCUT2D eigenvalue weighted by Crippen LogP contribution is -2.22. The minimum absolute atomic E-state index is 0. The molecule has 124 valence electrons. The monoisotopic (exact) mass is 427 g/mol. The van der Waals surface area contributed by atoms with Gasteiger partial charge in [0.2, 0.25) is 0 Å². The molecule has 0 spiro atoms. The van der Waals surface area contributed by atoms with E-state index in [1.165, 1.54) is 12.8 Å². The lowest BCUT2D eigenvalue weighted by Gasteiger charge is -2.11. The first-order chi connectivity index (χ1) is 10.7.